The Bertz CT molecular complexity index is 1090. The molecule has 158 valence electrons. The van der Waals surface area contributed by atoms with Gasteiger partial charge >= 0.3 is 0 Å². The predicted molar refractivity (Wildman–Crippen MR) is 114 cm³/mol. The van der Waals surface area contributed by atoms with Crippen LogP contribution < -0.4 is 9.04 Å². The number of nitrogens with zero attached hydrogens (tertiary/aromatic N) is 2. The van der Waals surface area contributed by atoms with Crippen molar-refractivity contribution in [2.45, 2.75) is 18.4 Å². The lowest BCUT2D eigenvalue weighted by atomic mass is 10.3. The van der Waals surface area contributed by atoms with E-state index in [9.17, 15) is 13.2 Å². The van der Waals surface area contributed by atoms with E-state index in [1.165, 1.54) is 24.1 Å². The van der Waals surface area contributed by atoms with Gasteiger partial charge in [-0.05, 0) is 55.5 Å². The minimum atomic E-state index is -3.95. The largest absolute Gasteiger partial charge is 0.497 e. The molecule has 3 aromatic rings. The summed E-state index contributed by atoms with van der Waals surface area (Å²) in [6.45, 7) is 1.72. The van der Waals surface area contributed by atoms with Crippen molar-refractivity contribution in [2.75, 3.05) is 25.0 Å². The molecule has 0 saturated heterocycles. The van der Waals surface area contributed by atoms with Crippen molar-refractivity contribution in [3.63, 3.8) is 0 Å². The Hall–Kier alpha value is -3.26. The molecule has 1 heterocycles. The third kappa shape index (κ3) is 4.83. The molecular formula is C22H24N2O5S. The molecule has 1 aromatic heterocycles. The Morgan fingerprint density at radius 1 is 1.00 bits per heavy atom. The smallest absolute Gasteiger partial charge is 0.264 e. The van der Waals surface area contributed by atoms with Crippen molar-refractivity contribution in [1.29, 1.82) is 0 Å². The molecule has 0 spiro atoms. The maximum absolute atomic E-state index is 13.3. The van der Waals surface area contributed by atoms with Gasteiger partial charge in [-0.15, -0.1) is 0 Å². The van der Waals surface area contributed by atoms with E-state index >= 15 is 0 Å². The molecular weight excluding hydrogens is 404 g/mol. The number of methoxy groups -OCH3 is 1. The van der Waals surface area contributed by atoms with Crippen LogP contribution in [0.5, 0.6) is 5.75 Å². The van der Waals surface area contributed by atoms with Gasteiger partial charge in [0.2, 0.25) is 5.91 Å². The van der Waals surface area contributed by atoms with E-state index in [1.807, 2.05) is 13.0 Å². The van der Waals surface area contributed by atoms with Gasteiger partial charge in [0.25, 0.3) is 10.0 Å². The first-order chi connectivity index (χ1) is 14.3. The third-order valence-corrected chi connectivity index (χ3v) is 6.37. The number of amides is 1. The van der Waals surface area contributed by atoms with Crippen LogP contribution in [0.3, 0.4) is 0 Å². The number of aryl methyl sites for hydroxylation is 1. The molecule has 0 aliphatic carbocycles. The lowest BCUT2D eigenvalue weighted by Gasteiger charge is -2.26. The normalized spacial score (nSPS) is 11.2. The zero-order valence-corrected chi connectivity index (χ0v) is 17.9. The zero-order valence-electron chi connectivity index (χ0n) is 17.1. The van der Waals surface area contributed by atoms with Crippen molar-refractivity contribution in [2.24, 2.45) is 0 Å². The van der Waals surface area contributed by atoms with Crippen LogP contribution in [0.25, 0.3) is 0 Å². The molecule has 0 saturated carbocycles. The van der Waals surface area contributed by atoms with Crippen molar-refractivity contribution in [1.82, 2.24) is 4.90 Å². The third-order valence-electron chi connectivity index (χ3n) is 4.59. The molecule has 0 unspecified atom stereocenters. The standard InChI is InChI=1S/C22H24N2O5S/c1-17-9-12-20(29-17)15-23(2)22(25)16-24(18-10-13-19(28-3)14-11-18)30(26,27)21-7-5-4-6-8-21/h4-14H,15-16H2,1-3H3. The molecule has 0 aliphatic rings. The number of furan rings is 1. The minimum Gasteiger partial charge on any atom is -0.497 e. The number of hydrogen-bond donors (Lipinski definition) is 0. The van der Waals surface area contributed by atoms with E-state index in [0.29, 0.717) is 17.2 Å². The van der Waals surface area contributed by atoms with Gasteiger partial charge in [0.05, 0.1) is 24.2 Å². The molecule has 3 rings (SSSR count). The Morgan fingerprint density at radius 3 is 2.23 bits per heavy atom. The number of benzene rings is 2. The number of ether oxygens (including phenoxy) is 1. The summed E-state index contributed by atoms with van der Waals surface area (Å²) in [4.78, 5) is 14.4. The van der Waals surface area contributed by atoms with Crippen LogP contribution in [0.1, 0.15) is 11.5 Å². The molecule has 0 atom stereocenters. The molecule has 1 amide bonds. The Balaban J connectivity index is 1.89. The van der Waals surface area contributed by atoms with E-state index in [0.717, 1.165) is 10.1 Å². The van der Waals surface area contributed by atoms with Crippen molar-refractivity contribution >= 4 is 21.6 Å². The van der Waals surface area contributed by atoms with Gasteiger partial charge in [-0.1, -0.05) is 18.2 Å². The maximum Gasteiger partial charge on any atom is 0.264 e. The van der Waals surface area contributed by atoms with E-state index < -0.39 is 10.0 Å². The van der Waals surface area contributed by atoms with E-state index in [4.69, 9.17) is 9.15 Å². The summed E-state index contributed by atoms with van der Waals surface area (Å²) in [5.41, 5.74) is 0.371. The van der Waals surface area contributed by atoms with Crippen molar-refractivity contribution in [3.8, 4) is 5.75 Å². The molecule has 2 aromatic carbocycles. The molecule has 0 fully saturated rings. The van der Waals surface area contributed by atoms with E-state index in [2.05, 4.69) is 0 Å². The number of rotatable bonds is 8. The van der Waals surface area contributed by atoms with Gasteiger partial charge in [-0.25, -0.2) is 8.42 Å². The summed E-state index contributed by atoms with van der Waals surface area (Å²) in [5, 5.41) is 0. The second kappa shape index (κ2) is 9.04. The molecule has 0 aliphatic heterocycles. The molecule has 8 heteroatoms. The van der Waals surface area contributed by atoms with Crippen LogP contribution >= 0.6 is 0 Å². The van der Waals surface area contributed by atoms with Gasteiger partial charge in [0, 0.05) is 7.05 Å². The summed E-state index contributed by atoms with van der Waals surface area (Å²) >= 11 is 0. The number of anilines is 1. The first-order valence-electron chi connectivity index (χ1n) is 9.32. The molecule has 30 heavy (non-hydrogen) atoms. The predicted octanol–water partition coefficient (Wildman–Crippen LogP) is 3.45. The highest BCUT2D eigenvalue weighted by Crippen LogP contribution is 2.26. The fourth-order valence-corrected chi connectivity index (χ4v) is 4.35. The number of sulfonamides is 1. The Kier molecular flexibility index (Phi) is 6.47. The van der Waals surface area contributed by atoms with Gasteiger partial charge in [0.15, 0.2) is 0 Å². The molecule has 0 N–H and O–H groups in total. The first-order valence-corrected chi connectivity index (χ1v) is 10.8. The van der Waals surface area contributed by atoms with Crippen LogP contribution in [-0.2, 0) is 21.4 Å². The van der Waals surface area contributed by atoms with Gasteiger partial charge < -0.3 is 14.1 Å². The highest BCUT2D eigenvalue weighted by atomic mass is 32.2. The van der Waals surface area contributed by atoms with Gasteiger partial charge in [0.1, 0.15) is 23.8 Å². The summed E-state index contributed by atoms with van der Waals surface area (Å²) < 4.78 is 38.4. The summed E-state index contributed by atoms with van der Waals surface area (Å²) in [6, 6.07) is 18.2. The summed E-state index contributed by atoms with van der Waals surface area (Å²) in [6.07, 6.45) is 0. The highest BCUT2D eigenvalue weighted by Gasteiger charge is 2.28. The number of carbonyl (C=O) groups excluding carboxylic acids is 1. The highest BCUT2D eigenvalue weighted by molar-refractivity contribution is 7.92. The van der Waals surface area contributed by atoms with E-state index in [1.54, 1.807) is 55.6 Å². The van der Waals surface area contributed by atoms with Gasteiger partial charge in [-0.2, -0.15) is 0 Å². The second-order valence-electron chi connectivity index (χ2n) is 6.78. The average Bonchev–Trinajstić information content (AvgIpc) is 3.16. The number of likely N-dealkylation sites (N-methyl/N-ethyl adjacent to an activating group) is 1. The Morgan fingerprint density at radius 2 is 1.67 bits per heavy atom. The van der Waals surface area contributed by atoms with Crippen LogP contribution in [0.2, 0.25) is 0 Å². The van der Waals surface area contributed by atoms with Crippen LogP contribution in [0.4, 0.5) is 5.69 Å². The molecule has 0 bridgehead atoms. The monoisotopic (exact) mass is 428 g/mol. The van der Waals surface area contributed by atoms with Crippen molar-refractivity contribution < 1.29 is 22.4 Å². The minimum absolute atomic E-state index is 0.109. The average molecular weight is 429 g/mol. The first kappa shape index (κ1) is 21.4. The fourth-order valence-electron chi connectivity index (χ4n) is 2.92. The summed E-state index contributed by atoms with van der Waals surface area (Å²) in [7, 11) is -0.807. The number of hydrogen-bond acceptors (Lipinski definition) is 5. The van der Waals surface area contributed by atoms with Gasteiger partial charge in [-0.3, -0.25) is 9.10 Å². The zero-order chi connectivity index (χ0) is 21.7. The fraction of sp³-hybridized carbons (Fsp3) is 0.227. The lowest BCUT2D eigenvalue weighted by molar-refractivity contribution is -0.129. The van der Waals surface area contributed by atoms with Crippen LogP contribution in [0.15, 0.2) is 76.0 Å². The van der Waals surface area contributed by atoms with Crippen LogP contribution in [0, 0.1) is 6.92 Å². The lowest BCUT2D eigenvalue weighted by Crippen LogP contribution is -2.41. The van der Waals surface area contributed by atoms with Crippen molar-refractivity contribution in [3.05, 3.63) is 78.3 Å². The van der Waals surface area contributed by atoms with E-state index in [-0.39, 0.29) is 23.9 Å². The number of carbonyl (C=O) groups is 1. The quantitative estimate of drug-likeness (QED) is 0.549. The SMILES string of the molecule is COc1ccc(N(CC(=O)N(C)Cc2ccc(C)o2)S(=O)(=O)c2ccccc2)cc1. The molecule has 0 radical (unpaired) electrons. The van der Waals surface area contributed by atoms with Crippen LogP contribution in [-0.4, -0.2) is 39.9 Å². The maximum atomic E-state index is 13.3. The summed E-state index contributed by atoms with van der Waals surface area (Å²) in [5.74, 6) is 1.61. The topological polar surface area (TPSA) is 80.1 Å². The Labute approximate surface area is 176 Å². The second-order valence-corrected chi connectivity index (χ2v) is 8.65. The molecule has 7 nitrogen and oxygen atoms in total.